The summed E-state index contributed by atoms with van der Waals surface area (Å²) in [5.74, 6) is 1.17. The molecule has 1 fully saturated rings. The molecule has 1 aromatic carbocycles. The van der Waals surface area contributed by atoms with Crippen LogP contribution in [0.3, 0.4) is 0 Å². The molecular weight excluding hydrogens is 334 g/mol. The van der Waals surface area contributed by atoms with Gasteiger partial charge in [-0.3, -0.25) is 4.79 Å². The zero-order valence-corrected chi connectivity index (χ0v) is 14.5. The van der Waals surface area contributed by atoms with Gasteiger partial charge in [-0.2, -0.15) is 0 Å². The van der Waals surface area contributed by atoms with Gasteiger partial charge in [-0.05, 0) is 31.0 Å². The number of aromatic nitrogens is 1. The van der Waals surface area contributed by atoms with Crippen LogP contribution >= 0.6 is 23.7 Å². The van der Waals surface area contributed by atoms with E-state index in [-0.39, 0.29) is 18.3 Å². The molecule has 0 unspecified atom stereocenters. The standard InChI is InChI=1S/C16H19N3O2S.ClH/c1-21-14-5-3-2-4-12(14)15-18-13(10-22-15)16(20)19-7-6-11(8-17)9-19;/h2-5,10-11H,6-9,17H2,1H3;1H/t11-;/m1./s1. The largest absolute Gasteiger partial charge is 0.496 e. The fourth-order valence-corrected chi connectivity index (χ4v) is 3.51. The van der Waals surface area contributed by atoms with Crippen LogP contribution in [0.1, 0.15) is 16.9 Å². The van der Waals surface area contributed by atoms with Gasteiger partial charge >= 0.3 is 0 Å². The zero-order chi connectivity index (χ0) is 15.5. The lowest BCUT2D eigenvalue weighted by Gasteiger charge is -2.14. The van der Waals surface area contributed by atoms with Crippen molar-refractivity contribution < 1.29 is 9.53 Å². The number of hydrogen-bond acceptors (Lipinski definition) is 5. The molecule has 1 amide bonds. The Kier molecular flexibility index (Phi) is 5.98. The Balaban J connectivity index is 0.00000192. The van der Waals surface area contributed by atoms with Crippen molar-refractivity contribution >= 4 is 29.7 Å². The number of methoxy groups -OCH3 is 1. The molecule has 1 aliphatic heterocycles. The highest BCUT2D eigenvalue weighted by Gasteiger charge is 2.27. The van der Waals surface area contributed by atoms with Gasteiger partial charge in [-0.1, -0.05) is 12.1 Å². The van der Waals surface area contributed by atoms with Crippen molar-refractivity contribution in [1.29, 1.82) is 0 Å². The fraction of sp³-hybridized carbons (Fsp3) is 0.375. The number of likely N-dealkylation sites (tertiary alicyclic amines) is 1. The van der Waals surface area contributed by atoms with Crippen LogP contribution in [0.5, 0.6) is 5.75 Å². The van der Waals surface area contributed by atoms with Crippen LogP contribution < -0.4 is 10.5 Å². The SMILES string of the molecule is COc1ccccc1-c1nc(C(=O)N2CC[C@H](CN)C2)cs1.Cl. The first-order valence-electron chi connectivity index (χ1n) is 7.31. The number of carbonyl (C=O) groups is 1. The van der Waals surface area contributed by atoms with Crippen LogP contribution in [0.4, 0.5) is 0 Å². The monoisotopic (exact) mass is 353 g/mol. The number of carbonyl (C=O) groups excluding carboxylic acids is 1. The van der Waals surface area contributed by atoms with E-state index < -0.39 is 0 Å². The summed E-state index contributed by atoms with van der Waals surface area (Å²) in [5.41, 5.74) is 7.10. The fourth-order valence-electron chi connectivity index (χ4n) is 2.69. The smallest absolute Gasteiger partial charge is 0.273 e. The maximum atomic E-state index is 12.5. The van der Waals surface area contributed by atoms with E-state index >= 15 is 0 Å². The van der Waals surface area contributed by atoms with E-state index in [4.69, 9.17) is 10.5 Å². The van der Waals surface area contributed by atoms with Crippen LogP contribution in [0, 0.1) is 5.92 Å². The molecule has 0 saturated carbocycles. The normalized spacial score (nSPS) is 17.0. The molecule has 0 bridgehead atoms. The first-order chi connectivity index (χ1) is 10.7. The second kappa shape index (κ2) is 7.77. The molecule has 0 spiro atoms. The van der Waals surface area contributed by atoms with Crippen LogP contribution in [-0.4, -0.2) is 42.5 Å². The van der Waals surface area contributed by atoms with Crippen molar-refractivity contribution in [2.75, 3.05) is 26.7 Å². The molecule has 0 aliphatic carbocycles. The second-order valence-corrected chi connectivity index (χ2v) is 6.24. The second-order valence-electron chi connectivity index (χ2n) is 5.38. The average molecular weight is 354 g/mol. The van der Waals surface area contributed by atoms with Crippen molar-refractivity contribution in [3.8, 4) is 16.3 Å². The molecule has 5 nitrogen and oxygen atoms in total. The Morgan fingerprint density at radius 1 is 1.48 bits per heavy atom. The quantitative estimate of drug-likeness (QED) is 0.917. The van der Waals surface area contributed by atoms with Gasteiger partial charge < -0.3 is 15.4 Å². The van der Waals surface area contributed by atoms with Gasteiger partial charge in [0.1, 0.15) is 16.5 Å². The maximum Gasteiger partial charge on any atom is 0.273 e. The molecular formula is C16H20ClN3O2S. The van der Waals surface area contributed by atoms with E-state index in [1.165, 1.54) is 11.3 Å². The molecule has 1 saturated heterocycles. The van der Waals surface area contributed by atoms with Crippen molar-refractivity contribution in [3.63, 3.8) is 0 Å². The van der Waals surface area contributed by atoms with Gasteiger partial charge in [-0.15, -0.1) is 23.7 Å². The number of ether oxygens (including phenoxy) is 1. The molecule has 2 heterocycles. The molecule has 2 aromatic rings. The summed E-state index contributed by atoms with van der Waals surface area (Å²) in [6, 6.07) is 7.70. The highest BCUT2D eigenvalue weighted by atomic mass is 35.5. The van der Waals surface area contributed by atoms with Crippen LogP contribution in [0.25, 0.3) is 10.6 Å². The third-order valence-corrected chi connectivity index (χ3v) is 4.84. The molecule has 1 aliphatic rings. The Bertz CT molecular complexity index is 677. The highest BCUT2D eigenvalue weighted by molar-refractivity contribution is 7.13. The summed E-state index contributed by atoms with van der Waals surface area (Å²) >= 11 is 1.46. The van der Waals surface area contributed by atoms with E-state index in [2.05, 4.69) is 4.98 Å². The molecule has 124 valence electrons. The summed E-state index contributed by atoms with van der Waals surface area (Å²) < 4.78 is 5.36. The molecule has 0 radical (unpaired) electrons. The summed E-state index contributed by atoms with van der Waals surface area (Å²) in [6.07, 6.45) is 0.978. The van der Waals surface area contributed by atoms with Crippen LogP contribution in [-0.2, 0) is 0 Å². The Labute approximate surface area is 145 Å². The number of nitrogens with zero attached hydrogens (tertiary/aromatic N) is 2. The Hall–Kier alpha value is -1.63. The molecule has 3 rings (SSSR count). The van der Waals surface area contributed by atoms with Gasteiger partial charge in [0, 0.05) is 18.5 Å². The molecule has 7 heteroatoms. The lowest BCUT2D eigenvalue weighted by atomic mass is 10.1. The van der Waals surface area contributed by atoms with E-state index in [1.807, 2.05) is 34.5 Å². The van der Waals surface area contributed by atoms with E-state index in [0.717, 1.165) is 35.8 Å². The van der Waals surface area contributed by atoms with Gasteiger partial charge in [0.15, 0.2) is 0 Å². The maximum absolute atomic E-state index is 12.5. The first kappa shape index (κ1) is 17.7. The number of thiazole rings is 1. The topological polar surface area (TPSA) is 68.5 Å². The van der Waals surface area contributed by atoms with E-state index in [9.17, 15) is 4.79 Å². The lowest BCUT2D eigenvalue weighted by molar-refractivity contribution is 0.0782. The number of para-hydroxylation sites is 1. The molecule has 2 N–H and O–H groups in total. The number of rotatable bonds is 4. The lowest BCUT2D eigenvalue weighted by Crippen LogP contribution is -2.30. The Morgan fingerprint density at radius 3 is 2.96 bits per heavy atom. The molecule has 1 atom stereocenters. The number of amides is 1. The summed E-state index contributed by atoms with van der Waals surface area (Å²) in [5, 5.41) is 2.62. The minimum Gasteiger partial charge on any atom is -0.496 e. The minimum atomic E-state index is -0.00616. The first-order valence-corrected chi connectivity index (χ1v) is 8.19. The van der Waals surface area contributed by atoms with Crippen molar-refractivity contribution in [3.05, 3.63) is 35.3 Å². The minimum absolute atomic E-state index is 0. The number of halogens is 1. The molecule has 1 aromatic heterocycles. The van der Waals surface area contributed by atoms with Gasteiger partial charge in [0.05, 0.1) is 12.7 Å². The number of hydrogen-bond donors (Lipinski definition) is 1. The summed E-state index contributed by atoms with van der Waals surface area (Å²) in [4.78, 5) is 18.9. The third kappa shape index (κ3) is 3.65. The predicted molar refractivity (Wildman–Crippen MR) is 94.4 cm³/mol. The number of nitrogens with two attached hydrogens (primary N) is 1. The highest BCUT2D eigenvalue weighted by Crippen LogP contribution is 2.32. The van der Waals surface area contributed by atoms with Gasteiger partial charge in [0.2, 0.25) is 0 Å². The van der Waals surface area contributed by atoms with Gasteiger partial charge in [-0.25, -0.2) is 4.98 Å². The van der Waals surface area contributed by atoms with Crippen LogP contribution in [0.2, 0.25) is 0 Å². The average Bonchev–Trinajstić information content (AvgIpc) is 3.23. The van der Waals surface area contributed by atoms with E-state index in [1.54, 1.807) is 7.11 Å². The predicted octanol–water partition coefficient (Wildman–Crippen LogP) is 2.66. The van der Waals surface area contributed by atoms with Crippen molar-refractivity contribution in [2.45, 2.75) is 6.42 Å². The summed E-state index contributed by atoms with van der Waals surface area (Å²) in [6.45, 7) is 2.13. The van der Waals surface area contributed by atoms with Crippen molar-refractivity contribution in [1.82, 2.24) is 9.88 Å². The third-order valence-electron chi connectivity index (χ3n) is 3.97. The molecule has 23 heavy (non-hydrogen) atoms. The zero-order valence-electron chi connectivity index (χ0n) is 12.9. The van der Waals surface area contributed by atoms with Gasteiger partial charge in [0.25, 0.3) is 5.91 Å². The summed E-state index contributed by atoms with van der Waals surface area (Å²) in [7, 11) is 1.63. The van der Waals surface area contributed by atoms with Crippen LogP contribution in [0.15, 0.2) is 29.6 Å². The Morgan fingerprint density at radius 2 is 2.26 bits per heavy atom. The number of benzene rings is 1. The van der Waals surface area contributed by atoms with E-state index in [0.29, 0.717) is 18.2 Å². The van der Waals surface area contributed by atoms with Crippen molar-refractivity contribution in [2.24, 2.45) is 11.7 Å².